The molecule has 0 fully saturated rings. The van der Waals surface area contributed by atoms with E-state index in [0.717, 1.165) is 5.56 Å². The van der Waals surface area contributed by atoms with Crippen molar-refractivity contribution in [1.29, 1.82) is 0 Å². The van der Waals surface area contributed by atoms with Gasteiger partial charge in [0.2, 0.25) is 11.8 Å². The lowest BCUT2D eigenvalue weighted by atomic mass is 10.0. The molecule has 2 amide bonds. The van der Waals surface area contributed by atoms with Gasteiger partial charge in [0, 0.05) is 5.69 Å². The number of hydrogen-bond acceptors (Lipinski definition) is 4. The summed E-state index contributed by atoms with van der Waals surface area (Å²) in [5.74, 6) is 0.184. The number of rotatable bonds is 8. The van der Waals surface area contributed by atoms with E-state index in [1.54, 1.807) is 67.6 Å². The fraction of sp³-hybridized carbons (Fsp3) is 0.167. The fourth-order valence-corrected chi connectivity index (χ4v) is 3.38. The third-order valence-corrected chi connectivity index (χ3v) is 5.03. The summed E-state index contributed by atoms with van der Waals surface area (Å²) in [7, 11) is 3.32. The van der Waals surface area contributed by atoms with Gasteiger partial charge in [-0.1, -0.05) is 54.1 Å². The van der Waals surface area contributed by atoms with Gasteiger partial charge in [0.1, 0.15) is 11.8 Å². The van der Waals surface area contributed by atoms with Crippen LogP contribution in [0.25, 0.3) is 0 Å². The van der Waals surface area contributed by atoms with Crippen LogP contribution < -0.4 is 15.4 Å². The number of benzene rings is 3. The number of methoxy groups -OCH3 is 1. The minimum atomic E-state index is -0.666. The van der Waals surface area contributed by atoms with Crippen LogP contribution in [0, 0.1) is 0 Å². The molecule has 0 aliphatic carbocycles. The summed E-state index contributed by atoms with van der Waals surface area (Å²) in [5, 5.41) is 6.16. The second-order valence-corrected chi connectivity index (χ2v) is 7.38. The lowest BCUT2D eigenvalue weighted by Crippen LogP contribution is -2.39. The maximum Gasteiger partial charge on any atom is 0.246 e. The molecule has 0 saturated heterocycles. The Morgan fingerprint density at radius 1 is 0.935 bits per heavy atom. The Hall–Kier alpha value is -3.35. The standard InChI is InChI=1S/C24H24ClN3O3/c1-28(16-22(29)27-21-11-7-6-10-20(21)25)23(17-8-4-3-5-9-17)24(30)26-18-12-14-19(31-2)15-13-18/h3-15,23H,16H2,1-2H3,(H,26,30)(H,27,29). The van der Waals surface area contributed by atoms with E-state index in [-0.39, 0.29) is 18.4 Å². The molecule has 3 aromatic carbocycles. The van der Waals surface area contributed by atoms with Gasteiger partial charge in [-0.2, -0.15) is 0 Å². The molecule has 0 aliphatic rings. The van der Waals surface area contributed by atoms with Gasteiger partial charge in [-0.25, -0.2) is 0 Å². The van der Waals surface area contributed by atoms with E-state index in [9.17, 15) is 9.59 Å². The molecule has 3 rings (SSSR count). The molecule has 0 spiro atoms. The van der Waals surface area contributed by atoms with E-state index in [0.29, 0.717) is 22.1 Å². The van der Waals surface area contributed by atoms with Crippen molar-refractivity contribution < 1.29 is 14.3 Å². The summed E-state index contributed by atoms with van der Waals surface area (Å²) in [6, 6.07) is 22.8. The molecule has 7 heteroatoms. The molecule has 0 radical (unpaired) electrons. The minimum Gasteiger partial charge on any atom is -0.497 e. The van der Waals surface area contributed by atoms with Crippen LogP contribution in [-0.4, -0.2) is 37.4 Å². The molecule has 6 nitrogen and oxygen atoms in total. The van der Waals surface area contributed by atoms with Crippen LogP contribution in [0.15, 0.2) is 78.9 Å². The summed E-state index contributed by atoms with van der Waals surface area (Å²) in [4.78, 5) is 27.5. The number of likely N-dealkylation sites (N-methyl/N-ethyl adjacent to an activating group) is 1. The van der Waals surface area contributed by atoms with Crippen LogP contribution in [0.1, 0.15) is 11.6 Å². The van der Waals surface area contributed by atoms with E-state index in [2.05, 4.69) is 10.6 Å². The summed E-state index contributed by atoms with van der Waals surface area (Å²) >= 11 is 6.12. The van der Waals surface area contributed by atoms with Crippen molar-refractivity contribution in [3.05, 3.63) is 89.4 Å². The van der Waals surface area contributed by atoms with Crippen LogP contribution in [0.3, 0.4) is 0 Å². The van der Waals surface area contributed by atoms with Crippen molar-refractivity contribution in [2.75, 3.05) is 31.3 Å². The number of anilines is 2. The Kier molecular flexibility index (Phi) is 7.65. The number of carbonyl (C=O) groups is 2. The van der Waals surface area contributed by atoms with Gasteiger partial charge < -0.3 is 15.4 Å². The van der Waals surface area contributed by atoms with Crippen LogP contribution in [0.5, 0.6) is 5.75 Å². The van der Waals surface area contributed by atoms with E-state index in [4.69, 9.17) is 16.3 Å². The summed E-state index contributed by atoms with van der Waals surface area (Å²) in [6.07, 6.45) is 0. The lowest BCUT2D eigenvalue weighted by molar-refractivity contribution is -0.123. The maximum absolute atomic E-state index is 13.2. The second-order valence-electron chi connectivity index (χ2n) is 6.97. The topological polar surface area (TPSA) is 70.7 Å². The Labute approximate surface area is 186 Å². The van der Waals surface area contributed by atoms with Crippen molar-refractivity contribution in [3.63, 3.8) is 0 Å². The number of carbonyl (C=O) groups excluding carboxylic acids is 2. The molecule has 0 saturated carbocycles. The first-order valence-corrected chi connectivity index (χ1v) is 10.1. The van der Waals surface area contributed by atoms with Gasteiger partial charge in [0.25, 0.3) is 0 Å². The highest BCUT2D eigenvalue weighted by Crippen LogP contribution is 2.24. The molecule has 2 N–H and O–H groups in total. The van der Waals surface area contributed by atoms with E-state index < -0.39 is 6.04 Å². The predicted molar refractivity (Wildman–Crippen MR) is 124 cm³/mol. The van der Waals surface area contributed by atoms with Crippen molar-refractivity contribution >= 4 is 34.8 Å². The molecule has 1 unspecified atom stereocenters. The first-order chi connectivity index (χ1) is 15.0. The number of amides is 2. The van der Waals surface area contributed by atoms with Crippen molar-refractivity contribution in [1.82, 2.24) is 4.90 Å². The van der Waals surface area contributed by atoms with Crippen LogP contribution in [-0.2, 0) is 9.59 Å². The first-order valence-electron chi connectivity index (χ1n) is 9.72. The molecule has 3 aromatic rings. The van der Waals surface area contributed by atoms with Crippen LogP contribution >= 0.6 is 11.6 Å². The number of para-hydroxylation sites is 1. The monoisotopic (exact) mass is 437 g/mol. The molecular formula is C24H24ClN3O3. The normalized spacial score (nSPS) is 11.6. The van der Waals surface area contributed by atoms with E-state index in [1.807, 2.05) is 30.3 Å². The summed E-state index contributed by atoms with van der Waals surface area (Å²) < 4.78 is 5.16. The second kappa shape index (κ2) is 10.6. The van der Waals surface area contributed by atoms with E-state index >= 15 is 0 Å². The minimum absolute atomic E-state index is 0.000810. The van der Waals surface area contributed by atoms with Crippen LogP contribution in [0.4, 0.5) is 11.4 Å². The predicted octanol–water partition coefficient (Wildman–Crippen LogP) is 4.60. The highest BCUT2D eigenvalue weighted by atomic mass is 35.5. The van der Waals surface area contributed by atoms with E-state index in [1.165, 1.54) is 0 Å². The Morgan fingerprint density at radius 2 is 1.58 bits per heavy atom. The highest BCUT2D eigenvalue weighted by Gasteiger charge is 2.27. The molecule has 0 aliphatic heterocycles. The van der Waals surface area contributed by atoms with Crippen molar-refractivity contribution in [2.45, 2.75) is 6.04 Å². The largest absolute Gasteiger partial charge is 0.497 e. The Morgan fingerprint density at radius 3 is 2.23 bits per heavy atom. The zero-order valence-corrected chi connectivity index (χ0v) is 18.1. The molecule has 0 bridgehead atoms. The molecule has 160 valence electrons. The SMILES string of the molecule is COc1ccc(NC(=O)C(c2ccccc2)N(C)CC(=O)Nc2ccccc2Cl)cc1. The smallest absolute Gasteiger partial charge is 0.246 e. The number of nitrogens with zero attached hydrogens (tertiary/aromatic N) is 1. The zero-order valence-electron chi connectivity index (χ0n) is 17.3. The number of halogens is 1. The highest BCUT2D eigenvalue weighted by molar-refractivity contribution is 6.33. The van der Waals surface area contributed by atoms with Gasteiger partial charge >= 0.3 is 0 Å². The quantitative estimate of drug-likeness (QED) is 0.540. The molecular weight excluding hydrogens is 414 g/mol. The maximum atomic E-state index is 13.2. The van der Waals surface area contributed by atoms with Gasteiger partial charge in [-0.05, 0) is 49.0 Å². The third kappa shape index (κ3) is 6.07. The zero-order chi connectivity index (χ0) is 22.2. The molecule has 0 heterocycles. The Balaban J connectivity index is 1.75. The van der Waals surface area contributed by atoms with Crippen molar-refractivity contribution in [2.24, 2.45) is 0 Å². The fourth-order valence-electron chi connectivity index (χ4n) is 3.20. The number of ether oxygens (including phenoxy) is 1. The number of hydrogen-bond donors (Lipinski definition) is 2. The summed E-state index contributed by atoms with van der Waals surface area (Å²) in [6.45, 7) is 0.000810. The molecule has 31 heavy (non-hydrogen) atoms. The first kappa shape index (κ1) is 22.3. The van der Waals surface area contributed by atoms with Gasteiger partial charge in [0.15, 0.2) is 0 Å². The Bertz CT molecular complexity index is 1030. The van der Waals surface area contributed by atoms with Gasteiger partial charge in [-0.15, -0.1) is 0 Å². The number of nitrogens with one attached hydrogen (secondary N) is 2. The van der Waals surface area contributed by atoms with Gasteiger partial charge in [-0.3, -0.25) is 14.5 Å². The third-order valence-electron chi connectivity index (χ3n) is 4.70. The van der Waals surface area contributed by atoms with Crippen LogP contribution in [0.2, 0.25) is 5.02 Å². The van der Waals surface area contributed by atoms with Crippen molar-refractivity contribution in [3.8, 4) is 5.75 Å². The average Bonchev–Trinajstić information content (AvgIpc) is 2.76. The molecule has 1 atom stereocenters. The van der Waals surface area contributed by atoms with Gasteiger partial charge in [0.05, 0.1) is 24.4 Å². The molecule has 0 aromatic heterocycles. The summed E-state index contributed by atoms with van der Waals surface area (Å²) in [5.41, 5.74) is 1.95. The average molecular weight is 438 g/mol. The lowest BCUT2D eigenvalue weighted by Gasteiger charge is -2.27.